The molecule has 1 fully saturated rings. The number of benzene rings is 1. The van der Waals surface area contributed by atoms with Crippen molar-refractivity contribution in [2.75, 3.05) is 26.2 Å². The number of halogens is 2. The Bertz CT molecular complexity index is 1150. The lowest BCUT2D eigenvalue weighted by Crippen LogP contribution is -2.50. The number of aromatic nitrogens is 1. The summed E-state index contributed by atoms with van der Waals surface area (Å²) in [7, 11) is -3.59. The molecule has 1 aromatic carbocycles. The minimum absolute atomic E-state index is 0.203. The van der Waals surface area contributed by atoms with Crippen molar-refractivity contribution in [3.8, 4) is 10.6 Å². The molecule has 0 aliphatic carbocycles. The van der Waals surface area contributed by atoms with Crippen LogP contribution < -0.4 is 0 Å². The highest BCUT2D eigenvalue weighted by Crippen LogP contribution is 2.29. The molecule has 1 saturated heterocycles. The normalized spacial score (nSPS) is 15.6. The van der Waals surface area contributed by atoms with E-state index in [9.17, 15) is 13.2 Å². The quantitative estimate of drug-likeness (QED) is 0.549. The van der Waals surface area contributed by atoms with Gasteiger partial charge in [-0.05, 0) is 24.3 Å². The first-order chi connectivity index (χ1) is 13.8. The number of hydrogen-bond acceptors (Lipinski definition) is 6. The van der Waals surface area contributed by atoms with E-state index in [0.29, 0.717) is 33.2 Å². The van der Waals surface area contributed by atoms with Gasteiger partial charge in [0.25, 0.3) is 15.9 Å². The highest BCUT2D eigenvalue weighted by molar-refractivity contribution is 7.91. The van der Waals surface area contributed by atoms with Crippen LogP contribution >= 0.6 is 45.9 Å². The summed E-state index contributed by atoms with van der Waals surface area (Å²) in [5.41, 5.74) is 1.21. The summed E-state index contributed by atoms with van der Waals surface area (Å²) in [6, 6.07) is 10.4. The van der Waals surface area contributed by atoms with Crippen LogP contribution in [0, 0.1) is 0 Å². The van der Waals surface area contributed by atoms with Crippen LogP contribution in [0.5, 0.6) is 0 Å². The van der Waals surface area contributed by atoms with Crippen LogP contribution in [0.2, 0.25) is 9.36 Å². The molecule has 4 rings (SSSR count). The number of amides is 1. The lowest BCUT2D eigenvalue weighted by molar-refractivity contribution is 0.0693. The van der Waals surface area contributed by atoms with Crippen LogP contribution in [-0.2, 0) is 10.0 Å². The molecule has 29 heavy (non-hydrogen) atoms. The molecule has 152 valence electrons. The third kappa shape index (κ3) is 4.35. The minimum atomic E-state index is -3.59. The van der Waals surface area contributed by atoms with E-state index in [4.69, 9.17) is 23.2 Å². The number of piperazine rings is 1. The molecule has 0 radical (unpaired) electrons. The number of nitrogens with zero attached hydrogens (tertiary/aromatic N) is 3. The number of carbonyl (C=O) groups is 1. The lowest BCUT2D eigenvalue weighted by atomic mass is 10.2. The SMILES string of the molecule is O=C(c1csc(-c2cccc(Cl)c2)n1)N1CCN(S(=O)(=O)c2ccc(Cl)s2)CC1. The summed E-state index contributed by atoms with van der Waals surface area (Å²) < 4.78 is 27.4. The van der Waals surface area contributed by atoms with E-state index in [1.165, 1.54) is 21.7 Å². The molecule has 1 aliphatic rings. The number of thiophene rings is 1. The highest BCUT2D eigenvalue weighted by Gasteiger charge is 2.32. The Kier molecular flexibility index (Phi) is 5.97. The van der Waals surface area contributed by atoms with Gasteiger partial charge in [-0.3, -0.25) is 4.79 Å². The summed E-state index contributed by atoms with van der Waals surface area (Å²) >= 11 is 14.3. The van der Waals surface area contributed by atoms with Crippen LogP contribution in [-0.4, -0.2) is 54.7 Å². The predicted molar refractivity (Wildman–Crippen MR) is 117 cm³/mol. The second kappa shape index (κ2) is 8.33. The summed E-state index contributed by atoms with van der Waals surface area (Å²) in [6.07, 6.45) is 0. The van der Waals surface area contributed by atoms with Crippen LogP contribution in [0.25, 0.3) is 10.6 Å². The van der Waals surface area contributed by atoms with Gasteiger partial charge in [0, 0.05) is 42.1 Å². The van der Waals surface area contributed by atoms with Gasteiger partial charge < -0.3 is 4.90 Å². The molecule has 3 aromatic rings. The van der Waals surface area contributed by atoms with Gasteiger partial charge in [0.2, 0.25) is 0 Å². The third-order valence-electron chi connectivity index (χ3n) is 4.46. The second-order valence-electron chi connectivity index (χ2n) is 6.30. The maximum absolute atomic E-state index is 12.8. The van der Waals surface area contributed by atoms with E-state index in [0.717, 1.165) is 16.9 Å². The fraction of sp³-hybridized carbons (Fsp3) is 0.222. The largest absolute Gasteiger partial charge is 0.335 e. The van der Waals surface area contributed by atoms with E-state index < -0.39 is 10.0 Å². The van der Waals surface area contributed by atoms with Crippen molar-refractivity contribution < 1.29 is 13.2 Å². The Labute approximate surface area is 186 Å². The van der Waals surface area contributed by atoms with Crippen LogP contribution in [0.1, 0.15) is 10.5 Å². The number of rotatable bonds is 4. The zero-order valence-electron chi connectivity index (χ0n) is 14.9. The molecule has 6 nitrogen and oxygen atoms in total. The van der Waals surface area contributed by atoms with Gasteiger partial charge in [-0.15, -0.1) is 22.7 Å². The molecular formula is C18H15Cl2N3O3S3. The second-order valence-corrected chi connectivity index (χ2v) is 11.5. The van der Waals surface area contributed by atoms with E-state index in [-0.39, 0.29) is 23.2 Å². The smallest absolute Gasteiger partial charge is 0.273 e. The number of thiazole rings is 1. The number of hydrogen-bond donors (Lipinski definition) is 0. The Morgan fingerprint density at radius 1 is 1.07 bits per heavy atom. The average molecular weight is 488 g/mol. The zero-order valence-corrected chi connectivity index (χ0v) is 18.9. The van der Waals surface area contributed by atoms with Crippen LogP contribution in [0.3, 0.4) is 0 Å². The predicted octanol–water partition coefficient (Wildman–Crippen LogP) is 4.33. The van der Waals surface area contributed by atoms with Crippen molar-refractivity contribution in [2.45, 2.75) is 4.21 Å². The van der Waals surface area contributed by atoms with Crippen molar-refractivity contribution >= 4 is 61.8 Å². The molecule has 1 amide bonds. The van der Waals surface area contributed by atoms with Crippen molar-refractivity contribution in [2.24, 2.45) is 0 Å². The van der Waals surface area contributed by atoms with Crippen molar-refractivity contribution in [1.82, 2.24) is 14.2 Å². The summed E-state index contributed by atoms with van der Waals surface area (Å²) in [4.78, 5) is 18.9. The Morgan fingerprint density at radius 2 is 1.83 bits per heavy atom. The first kappa shape index (κ1) is 20.8. The standard InChI is InChI=1S/C18H15Cl2N3O3S3/c19-13-3-1-2-12(10-13)17-21-14(11-27-17)18(24)22-6-8-23(9-7-22)29(25,26)16-5-4-15(20)28-16/h1-5,10-11H,6-9H2. The van der Waals surface area contributed by atoms with Gasteiger partial charge in [-0.2, -0.15) is 4.31 Å². The molecule has 0 atom stereocenters. The van der Waals surface area contributed by atoms with Gasteiger partial charge in [-0.25, -0.2) is 13.4 Å². The topological polar surface area (TPSA) is 70.6 Å². The van der Waals surface area contributed by atoms with E-state index in [1.54, 1.807) is 28.5 Å². The average Bonchev–Trinajstić information content (AvgIpc) is 3.37. The zero-order chi connectivity index (χ0) is 20.6. The monoisotopic (exact) mass is 487 g/mol. The summed E-state index contributed by atoms with van der Waals surface area (Å²) in [5.74, 6) is -0.203. The molecule has 2 aromatic heterocycles. The van der Waals surface area contributed by atoms with E-state index in [1.807, 2.05) is 12.1 Å². The number of sulfonamides is 1. The Balaban J connectivity index is 1.43. The molecule has 0 unspecified atom stereocenters. The lowest BCUT2D eigenvalue weighted by Gasteiger charge is -2.33. The van der Waals surface area contributed by atoms with Gasteiger partial charge >= 0.3 is 0 Å². The maximum Gasteiger partial charge on any atom is 0.273 e. The molecular weight excluding hydrogens is 473 g/mol. The fourth-order valence-electron chi connectivity index (χ4n) is 2.98. The van der Waals surface area contributed by atoms with Crippen molar-refractivity contribution in [3.05, 3.63) is 56.8 Å². The Hall–Kier alpha value is -1.49. The van der Waals surface area contributed by atoms with Crippen molar-refractivity contribution in [1.29, 1.82) is 0 Å². The summed E-state index contributed by atoms with van der Waals surface area (Å²) in [6.45, 7) is 1.08. The molecule has 1 aliphatic heterocycles. The third-order valence-corrected chi connectivity index (χ3v) is 9.19. The van der Waals surface area contributed by atoms with E-state index >= 15 is 0 Å². The first-order valence-electron chi connectivity index (χ1n) is 8.61. The highest BCUT2D eigenvalue weighted by atomic mass is 35.5. The van der Waals surface area contributed by atoms with Gasteiger partial charge in [-0.1, -0.05) is 35.3 Å². The minimum Gasteiger partial charge on any atom is -0.335 e. The van der Waals surface area contributed by atoms with Crippen LogP contribution in [0.4, 0.5) is 0 Å². The Morgan fingerprint density at radius 3 is 2.48 bits per heavy atom. The molecule has 0 saturated carbocycles. The molecule has 0 N–H and O–H groups in total. The van der Waals surface area contributed by atoms with E-state index in [2.05, 4.69) is 4.98 Å². The maximum atomic E-state index is 12.8. The van der Waals surface area contributed by atoms with Gasteiger partial charge in [0.05, 0.1) is 4.34 Å². The molecule has 0 spiro atoms. The van der Waals surface area contributed by atoms with Crippen LogP contribution in [0.15, 0.2) is 46.0 Å². The first-order valence-corrected chi connectivity index (χ1v) is 12.5. The van der Waals surface area contributed by atoms with Gasteiger partial charge in [0.1, 0.15) is 14.9 Å². The fourth-order valence-corrected chi connectivity index (χ4v) is 7.02. The molecule has 3 heterocycles. The number of carbonyl (C=O) groups excluding carboxylic acids is 1. The molecule has 0 bridgehead atoms. The van der Waals surface area contributed by atoms with Gasteiger partial charge in [0.15, 0.2) is 0 Å². The van der Waals surface area contributed by atoms with Crippen molar-refractivity contribution in [3.63, 3.8) is 0 Å². The molecule has 11 heteroatoms. The summed E-state index contributed by atoms with van der Waals surface area (Å²) in [5, 5.41) is 3.04.